The predicted octanol–water partition coefficient (Wildman–Crippen LogP) is 6.24. The lowest BCUT2D eigenvalue weighted by Gasteiger charge is -2.24. The minimum atomic E-state index is -3.09. The van der Waals surface area contributed by atoms with Crippen LogP contribution in [0.4, 0.5) is 0 Å². The Bertz CT molecular complexity index is 380. The van der Waals surface area contributed by atoms with E-state index in [1.807, 2.05) is 55.4 Å². The van der Waals surface area contributed by atoms with Crippen LogP contribution in [0.25, 0.3) is 0 Å². The Morgan fingerprint density at radius 2 is 0.760 bits per heavy atom. The van der Waals surface area contributed by atoms with Crippen molar-refractivity contribution in [2.75, 3.05) is 12.3 Å². The summed E-state index contributed by atoms with van der Waals surface area (Å²) < 4.78 is 47.6. The highest BCUT2D eigenvalue weighted by molar-refractivity contribution is 7.54. The van der Waals surface area contributed by atoms with Gasteiger partial charge in [-0.05, 0) is 68.2 Å². The lowest BCUT2D eigenvalue weighted by atomic mass is 10.3. The number of hydrogen-bond donors (Lipinski definition) is 0. The van der Waals surface area contributed by atoms with E-state index in [-0.39, 0.29) is 24.4 Å². The molecule has 0 amide bonds. The Hall–Kier alpha value is 0.300. The van der Waals surface area contributed by atoms with E-state index in [1.165, 1.54) is 0 Å². The zero-order valence-corrected chi connectivity index (χ0v) is 19.0. The van der Waals surface area contributed by atoms with E-state index < -0.39 is 15.2 Å². The predicted molar refractivity (Wildman–Crippen MR) is 104 cm³/mol. The summed E-state index contributed by atoms with van der Waals surface area (Å²) in [5.41, 5.74) is 0. The van der Waals surface area contributed by atoms with E-state index in [0.29, 0.717) is 25.2 Å². The lowest BCUT2D eigenvalue weighted by molar-refractivity contribution is 0.142. The van der Waals surface area contributed by atoms with Crippen LogP contribution in [0.15, 0.2) is 0 Å². The Kier molecular flexibility index (Phi) is 12.0. The van der Waals surface area contributed by atoms with Crippen LogP contribution in [0.3, 0.4) is 0 Å². The maximum absolute atomic E-state index is 12.7. The second-order valence-corrected chi connectivity index (χ2v) is 11.5. The first kappa shape index (κ1) is 25.3. The molecule has 0 atom stereocenters. The molecule has 0 aromatic heterocycles. The maximum Gasteiger partial charge on any atom is 0.331 e. The molecule has 0 fully saturated rings. The van der Waals surface area contributed by atoms with Crippen LogP contribution in [0, 0.1) is 0 Å². The highest BCUT2D eigenvalue weighted by Gasteiger charge is 2.29. The molecule has 0 aliphatic carbocycles. The molecule has 152 valence electrons. The molecule has 0 radical (unpaired) electrons. The molecular weight excluding hydrogens is 362 g/mol. The van der Waals surface area contributed by atoms with Crippen LogP contribution in [0.2, 0.25) is 0 Å². The van der Waals surface area contributed by atoms with Crippen molar-refractivity contribution in [3.8, 4) is 0 Å². The first-order valence-electron chi connectivity index (χ1n) is 9.29. The van der Waals surface area contributed by atoms with Gasteiger partial charge in [0.05, 0.1) is 36.7 Å². The van der Waals surface area contributed by atoms with E-state index in [9.17, 15) is 9.13 Å². The quantitative estimate of drug-likeness (QED) is 0.254. The molecule has 0 heterocycles. The summed E-state index contributed by atoms with van der Waals surface area (Å²) in [6, 6.07) is 0. The molecule has 0 unspecified atom stereocenters. The average Bonchev–Trinajstić information content (AvgIpc) is 2.33. The Balaban J connectivity index is 4.47. The second kappa shape index (κ2) is 11.9. The van der Waals surface area contributed by atoms with Crippen LogP contribution >= 0.6 is 15.2 Å². The van der Waals surface area contributed by atoms with E-state index in [2.05, 4.69) is 0 Å². The van der Waals surface area contributed by atoms with E-state index in [1.54, 1.807) is 0 Å². The lowest BCUT2D eigenvalue weighted by Crippen LogP contribution is -2.11. The molecule has 0 bridgehead atoms. The third kappa shape index (κ3) is 13.2. The summed E-state index contributed by atoms with van der Waals surface area (Å²) in [4.78, 5) is 0. The molecule has 6 nitrogen and oxygen atoms in total. The molecule has 0 saturated heterocycles. The van der Waals surface area contributed by atoms with Crippen molar-refractivity contribution in [1.29, 1.82) is 0 Å². The van der Waals surface area contributed by atoms with Crippen molar-refractivity contribution in [2.24, 2.45) is 0 Å². The van der Waals surface area contributed by atoms with Crippen molar-refractivity contribution in [1.82, 2.24) is 0 Å². The fourth-order valence-electron chi connectivity index (χ4n) is 2.33. The standard InChI is InChI=1S/C17H38O6P2/c1-14(2)20-24(18,21-15(3)4)12-10-9-11-13-25(19,22-16(5)6)23-17(7)8/h14-17H,9-13H2,1-8H3. The third-order valence-corrected chi connectivity index (χ3v) is 7.55. The zero-order valence-electron chi connectivity index (χ0n) is 17.2. The van der Waals surface area contributed by atoms with Gasteiger partial charge in [-0.2, -0.15) is 0 Å². The van der Waals surface area contributed by atoms with Crippen LogP contribution in [0.5, 0.6) is 0 Å². The Labute approximate surface area is 154 Å². The van der Waals surface area contributed by atoms with Gasteiger partial charge in [0.25, 0.3) is 0 Å². The van der Waals surface area contributed by atoms with Gasteiger partial charge in [0.15, 0.2) is 0 Å². The molecule has 0 N–H and O–H groups in total. The molecule has 0 aromatic carbocycles. The molecule has 25 heavy (non-hydrogen) atoms. The summed E-state index contributed by atoms with van der Waals surface area (Å²) >= 11 is 0. The third-order valence-electron chi connectivity index (χ3n) is 2.85. The van der Waals surface area contributed by atoms with E-state index in [4.69, 9.17) is 18.1 Å². The molecular formula is C17H38O6P2. The molecule has 0 saturated carbocycles. The summed E-state index contributed by atoms with van der Waals surface area (Å²) in [6.45, 7) is 14.8. The number of hydrogen-bond acceptors (Lipinski definition) is 6. The molecule has 0 rings (SSSR count). The summed E-state index contributed by atoms with van der Waals surface area (Å²) in [5, 5.41) is 0. The fraction of sp³-hybridized carbons (Fsp3) is 1.00. The van der Waals surface area contributed by atoms with Gasteiger partial charge >= 0.3 is 15.2 Å². The smallest absolute Gasteiger partial charge is 0.306 e. The van der Waals surface area contributed by atoms with Crippen molar-refractivity contribution >= 4 is 15.2 Å². The van der Waals surface area contributed by atoms with Crippen molar-refractivity contribution in [3.05, 3.63) is 0 Å². The number of unbranched alkanes of at least 4 members (excludes halogenated alkanes) is 2. The molecule has 0 aliphatic heterocycles. The van der Waals surface area contributed by atoms with Gasteiger partial charge in [0.1, 0.15) is 0 Å². The summed E-state index contributed by atoms with van der Waals surface area (Å²) in [7, 11) is -6.18. The molecule has 0 spiro atoms. The van der Waals surface area contributed by atoms with Gasteiger partial charge in [-0.1, -0.05) is 6.42 Å². The Morgan fingerprint density at radius 3 is 0.960 bits per heavy atom. The van der Waals surface area contributed by atoms with Crippen molar-refractivity contribution in [3.63, 3.8) is 0 Å². The van der Waals surface area contributed by atoms with Gasteiger partial charge in [0, 0.05) is 0 Å². The zero-order chi connectivity index (χ0) is 19.7. The Morgan fingerprint density at radius 1 is 0.520 bits per heavy atom. The van der Waals surface area contributed by atoms with E-state index in [0.717, 1.165) is 6.42 Å². The summed E-state index contributed by atoms with van der Waals surface area (Å²) in [6.07, 6.45) is 2.26. The van der Waals surface area contributed by atoms with Crippen molar-refractivity contribution in [2.45, 2.75) is 99.1 Å². The van der Waals surface area contributed by atoms with E-state index >= 15 is 0 Å². The molecule has 0 aliphatic rings. The van der Waals surface area contributed by atoms with Gasteiger partial charge in [-0.15, -0.1) is 0 Å². The topological polar surface area (TPSA) is 71.1 Å². The first-order valence-corrected chi connectivity index (χ1v) is 12.7. The normalized spacial score (nSPS) is 13.6. The van der Waals surface area contributed by atoms with Gasteiger partial charge in [-0.25, -0.2) is 0 Å². The van der Waals surface area contributed by atoms with Crippen LogP contribution < -0.4 is 0 Å². The molecule has 8 heteroatoms. The maximum atomic E-state index is 12.7. The summed E-state index contributed by atoms with van der Waals surface area (Å²) in [5.74, 6) is 0. The van der Waals surface area contributed by atoms with Gasteiger partial charge < -0.3 is 18.1 Å². The second-order valence-electron chi connectivity index (χ2n) is 7.35. The minimum absolute atomic E-state index is 0.149. The highest BCUT2D eigenvalue weighted by atomic mass is 31.2. The van der Waals surface area contributed by atoms with Crippen LogP contribution in [-0.4, -0.2) is 36.7 Å². The fourth-order valence-corrected chi connectivity index (χ4v) is 6.65. The van der Waals surface area contributed by atoms with Crippen LogP contribution in [-0.2, 0) is 27.2 Å². The highest BCUT2D eigenvalue weighted by Crippen LogP contribution is 2.53. The average molecular weight is 400 g/mol. The molecule has 0 aromatic rings. The first-order chi connectivity index (χ1) is 11.4. The van der Waals surface area contributed by atoms with Crippen molar-refractivity contribution < 1.29 is 27.2 Å². The van der Waals surface area contributed by atoms with Crippen LogP contribution in [0.1, 0.15) is 74.7 Å². The van der Waals surface area contributed by atoms with Gasteiger partial charge in [-0.3, -0.25) is 9.13 Å². The largest absolute Gasteiger partial charge is 0.331 e. The monoisotopic (exact) mass is 400 g/mol. The SMILES string of the molecule is CC(C)OP(=O)(CCCCCP(=O)(OC(C)C)OC(C)C)OC(C)C. The minimum Gasteiger partial charge on any atom is -0.306 e. The van der Waals surface area contributed by atoms with Gasteiger partial charge in [0.2, 0.25) is 0 Å². The number of rotatable bonds is 14.